The zero-order valence-electron chi connectivity index (χ0n) is 16.9. The largest absolute Gasteiger partial charge is 0.369 e. The van der Waals surface area contributed by atoms with Crippen LogP contribution in [0.4, 0.5) is 10.1 Å². The molecule has 1 aliphatic heterocycles. The highest BCUT2D eigenvalue weighted by Gasteiger charge is 2.16. The van der Waals surface area contributed by atoms with E-state index in [0.29, 0.717) is 28.0 Å². The Kier molecular flexibility index (Phi) is 5.04. The van der Waals surface area contributed by atoms with E-state index in [-0.39, 0.29) is 11.4 Å². The lowest BCUT2D eigenvalue weighted by Crippen LogP contribution is -2.20. The minimum atomic E-state index is -0.280. The number of fused-ring (bicyclic) bond motifs is 1. The van der Waals surface area contributed by atoms with Gasteiger partial charge in [0.15, 0.2) is 5.82 Å². The lowest BCUT2D eigenvalue weighted by atomic mass is 10.2. The Morgan fingerprint density at radius 3 is 2.45 bits per heavy atom. The number of nitrogens with zero attached hydrogens (tertiary/aromatic N) is 4. The molecular formula is C25H21FN4O. The van der Waals surface area contributed by atoms with Gasteiger partial charge in [-0.15, -0.1) is 0 Å². The quantitative estimate of drug-likeness (QED) is 0.457. The first-order valence-corrected chi connectivity index (χ1v) is 10.4. The van der Waals surface area contributed by atoms with E-state index >= 15 is 0 Å². The number of halogens is 1. The van der Waals surface area contributed by atoms with Crippen molar-refractivity contribution in [2.75, 3.05) is 18.0 Å². The van der Waals surface area contributed by atoms with Gasteiger partial charge in [-0.05, 0) is 42.7 Å². The molecular weight excluding hydrogens is 391 g/mol. The molecule has 0 saturated carbocycles. The predicted molar refractivity (Wildman–Crippen MR) is 122 cm³/mol. The minimum absolute atomic E-state index is 0.269. The van der Waals surface area contributed by atoms with E-state index in [2.05, 4.69) is 15.0 Å². The average molecular weight is 412 g/mol. The van der Waals surface area contributed by atoms with Gasteiger partial charge < -0.3 is 4.90 Å². The van der Waals surface area contributed by atoms with Crippen molar-refractivity contribution < 1.29 is 4.39 Å². The first kappa shape index (κ1) is 19.2. The van der Waals surface area contributed by atoms with Crippen molar-refractivity contribution in [2.45, 2.75) is 12.8 Å². The van der Waals surface area contributed by atoms with Gasteiger partial charge in [-0.2, -0.15) is 9.78 Å². The van der Waals surface area contributed by atoms with Crippen LogP contribution in [0.1, 0.15) is 18.4 Å². The van der Waals surface area contributed by atoms with Crippen molar-refractivity contribution in [3.8, 4) is 11.4 Å². The Balaban J connectivity index is 1.58. The number of aromatic nitrogens is 2. The van der Waals surface area contributed by atoms with Crippen LogP contribution in [0.25, 0.3) is 22.3 Å². The topological polar surface area (TPSA) is 50.5 Å². The van der Waals surface area contributed by atoms with Crippen LogP contribution in [0.3, 0.4) is 0 Å². The van der Waals surface area contributed by atoms with Crippen LogP contribution in [0.2, 0.25) is 0 Å². The molecule has 5 nitrogen and oxygen atoms in total. The number of para-hydroxylation sites is 1. The molecule has 31 heavy (non-hydrogen) atoms. The maximum absolute atomic E-state index is 14.7. The Labute approximate surface area is 179 Å². The fourth-order valence-corrected chi connectivity index (χ4v) is 3.95. The van der Waals surface area contributed by atoms with Gasteiger partial charge in [0, 0.05) is 18.7 Å². The predicted octanol–water partition coefficient (Wildman–Crippen LogP) is 4.69. The van der Waals surface area contributed by atoms with Crippen molar-refractivity contribution in [3.63, 3.8) is 0 Å². The molecule has 0 atom stereocenters. The molecule has 4 aromatic rings. The van der Waals surface area contributed by atoms with E-state index in [1.165, 1.54) is 17.0 Å². The summed E-state index contributed by atoms with van der Waals surface area (Å²) in [5.41, 5.74) is 2.32. The van der Waals surface area contributed by atoms with E-state index in [0.717, 1.165) is 31.5 Å². The van der Waals surface area contributed by atoms with Gasteiger partial charge in [0.05, 0.1) is 22.8 Å². The summed E-state index contributed by atoms with van der Waals surface area (Å²) >= 11 is 0. The Morgan fingerprint density at radius 2 is 1.68 bits per heavy atom. The third-order valence-electron chi connectivity index (χ3n) is 5.53. The fourth-order valence-electron chi connectivity index (χ4n) is 3.95. The zero-order chi connectivity index (χ0) is 21.2. The van der Waals surface area contributed by atoms with Crippen LogP contribution < -0.4 is 10.5 Å². The first-order chi connectivity index (χ1) is 15.2. The van der Waals surface area contributed by atoms with Gasteiger partial charge in [-0.1, -0.05) is 48.5 Å². The number of anilines is 1. The van der Waals surface area contributed by atoms with Gasteiger partial charge >= 0.3 is 0 Å². The number of hydrogen-bond donors (Lipinski definition) is 0. The van der Waals surface area contributed by atoms with Crippen LogP contribution in [0, 0.1) is 5.82 Å². The highest BCUT2D eigenvalue weighted by atomic mass is 19.1. The summed E-state index contributed by atoms with van der Waals surface area (Å²) in [7, 11) is 0. The summed E-state index contributed by atoms with van der Waals surface area (Å²) in [6, 6.07) is 21.7. The normalized spacial score (nSPS) is 14.0. The number of hydrogen-bond acceptors (Lipinski definition) is 4. The smallest absolute Gasteiger partial charge is 0.282 e. The molecule has 0 bridgehead atoms. The maximum Gasteiger partial charge on any atom is 0.282 e. The highest BCUT2D eigenvalue weighted by Crippen LogP contribution is 2.24. The molecule has 6 heteroatoms. The van der Waals surface area contributed by atoms with Crippen LogP contribution in [-0.2, 0) is 0 Å². The van der Waals surface area contributed by atoms with Gasteiger partial charge in [-0.25, -0.2) is 9.37 Å². The zero-order valence-corrected chi connectivity index (χ0v) is 16.9. The Morgan fingerprint density at radius 1 is 0.935 bits per heavy atom. The number of rotatable bonds is 4. The Bertz CT molecular complexity index is 1320. The molecule has 0 aliphatic carbocycles. The second kappa shape index (κ2) is 8.14. The van der Waals surface area contributed by atoms with Gasteiger partial charge in [0.1, 0.15) is 5.82 Å². The van der Waals surface area contributed by atoms with E-state index < -0.39 is 0 Å². The molecule has 0 N–H and O–H groups in total. The third-order valence-corrected chi connectivity index (χ3v) is 5.53. The first-order valence-electron chi connectivity index (χ1n) is 10.4. The standard InChI is InChI=1S/C25H21FN4O/c26-21-16-18(12-13-23(21)29-14-6-7-15-29)17-27-30-24(19-8-2-1-3-9-19)28-22-11-5-4-10-20(22)25(30)31/h1-5,8-13,16-17H,6-7,14-15H2. The second-order valence-corrected chi connectivity index (χ2v) is 7.59. The van der Waals surface area contributed by atoms with Crippen molar-refractivity contribution in [3.05, 3.63) is 94.5 Å². The van der Waals surface area contributed by atoms with E-state index in [9.17, 15) is 9.18 Å². The molecule has 0 unspecified atom stereocenters. The molecule has 2 heterocycles. The van der Waals surface area contributed by atoms with E-state index in [1.54, 1.807) is 18.2 Å². The summed E-state index contributed by atoms with van der Waals surface area (Å²) in [5.74, 6) is 0.160. The monoisotopic (exact) mass is 412 g/mol. The molecule has 3 aromatic carbocycles. The molecule has 0 radical (unpaired) electrons. The van der Waals surface area contributed by atoms with Crippen molar-refractivity contribution in [1.29, 1.82) is 0 Å². The van der Waals surface area contributed by atoms with Crippen LogP contribution in [0.5, 0.6) is 0 Å². The summed E-state index contributed by atoms with van der Waals surface area (Å²) in [4.78, 5) is 19.9. The van der Waals surface area contributed by atoms with E-state index in [4.69, 9.17) is 0 Å². The minimum Gasteiger partial charge on any atom is -0.369 e. The maximum atomic E-state index is 14.7. The molecule has 5 rings (SSSR count). The van der Waals surface area contributed by atoms with Crippen molar-refractivity contribution in [1.82, 2.24) is 9.66 Å². The van der Waals surface area contributed by atoms with Crippen LogP contribution >= 0.6 is 0 Å². The summed E-state index contributed by atoms with van der Waals surface area (Å²) in [6.07, 6.45) is 3.67. The van der Waals surface area contributed by atoms with Gasteiger partial charge in [0.2, 0.25) is 0 Å². The molecule has 1 aromatic heterocycles. The number of benzene rings is 3. The lowest BCUT2D eigenvalue weighted by Gasteiger charge is -2.18. The molecule has 1 fully saturated rings. The lowest BCUT2D eigenvalue weighted by molar-refractivity contribution is 0.623. The summed E-state index contributed by atoms with van der Waals surface area (Å²) in [6.45, 7) is 1.76. The second-order valence-electron chi connectivity index (χ2n) is 7.59. The van der Waals surface area contributed by atoms with E-state index in [1.807, 2.05) is 48.5 Å². The fraction of sp³-hybridized carbons (Fsp3) is 0.160. The Hall–Kier alpha value is -3.80. The van der Waals surface area contributed by atoms with Crippen LogP contribution in [-0.4, -0.2) is 29.0 Å². The molecule has 0 amide bonds. The van der Waals surface area contributed by atoms with Crippen LogP contribution in [0.15, 0.2) is 82.7 Å². The van der Waals surface area contributed by atoms with Gasteiger partial charge in [0.25, 0.3) is 5.56 Å². The van der Waals surface area contributed by atoms with Crippen molar-refractivity contribution >= 4 is 22.8 Å². The SMILES string of the molecule is O=c1c2ccccc2nc(-c2ccccc2)n1N=Cc1ccc(N2CCCC2)c(F)c1. The summed E-state index contributed by atoms with van der Waals surface area (Å²) < 4.78 is 16.0. The molecule has 1 aliphatic rings. The molecule has 0 spiro atoms. The average Bonchev–Trinajstić information content (AvgIpc) is 3.34. The van der Waals surface area contributed by atoms with Crippen molar-refractivity contribution in [2.24, 2.45) is 5.10 Å². The molecule has 154 valence electrons. The third kappa shape index (κ3) is 3.72. The summed E-state index contributed by atoms with van der Waals surface area (Å²) in [5, 5.41) is 4.89. The highest BCUT2D eigenvalue weighted by molar-refractivity contribution is 5.82. The van der Waals surface area contributed by atoms with Gasteiger partial charge in [-0.3, -0.25) is 4.79 Å². The molecule has 1 saturated heterocycles.